The van der Waals surface area contributed by atoms with E-state index in [-0.39, 0.29) is 12.7 Å². The molecule has 0 saturated heterocycles. The molecule has 0 aromatic rings. The highest BCUT2D eigenvalue weighted by Gasteiger charge is 2.00. The van der Waals surface area contributed by atoms with Gasteiger partial charge in [-0.05, 0) is 38.5 Å². The molecule has 5 heteroatoms. The zero-order valence-corrected chi connectivity index (χ0v) is 17.8. The number of allylic oxidation sites excluding steroid dienone is 2. The van der Waals surface area contributed by atoms with Crippen molar-refractivity contribution in [2.75, 3.05) is 6.73 Å². The molecule has 27 heavy (non-hydrogen) atoms. The van der Waals surface area contributed by atoms with Crippen LogP contribution in [0.3, 0.4) is 0 Å². The van der Waals surface area contributed by atoms with Gasteiger partial charge in [-0.25, -0.2) is 0 Å². The third kappa shape index (κ3) is 30.1. The number of carbonyl (C=O) groups excluding carboxylic acids is 1. The molecule has 0 aliphatic heterocycles. The largest absolute Gasteiger partial charge is 0.450 e. The second-order valence-corrected chi connectivity index (χ2v) is 6.91. The maximum absolute atomic E-state index is 11.1. The predicted molar refractivity (Wildman–Crippen MR) is 113 cm³/mol. The SMILES string of the molecule is CCC(O)O.CCCCCCCC/C=C\CCCCCCCC(=O)OCN. The van der Waals surface area contributed by atoms with Gasteiger partial charge >= 0.3 is 5.97 Å². The number of esters is 1. The minimum absolute atomic E-state index is 0.00388. The maximum Gasteiger partial charge on any atom is 0.307 e. The number of rotatable bonds is 17. The van der Waals surface area contributed by atoms with Crippen LogP contribution in [0.4, 0.5) is 0 Å². The summed E-state index contributed by atoms with van der Waals surface area (Å²) < 4.78 is 4.69. The summed E-state index contributed by atoms with van der Waals surface area (Å²) in [4.78, 5) is 11.1. The Balaban J connectivity index is 0. The number of carbonyl (C=O) groups is 1. The molecule has 0 aliphatic carbocycles. The van der Waals surface area contributed by atoms with Crippen molar-refractivity contribution in [1.29, 1.82) is 0 Å². The lowest BCUT2D eigenvalue weighted by Crippen LogP contribution is -2.11. The van der Waals surface area contributed by atoms with Gasteiger partial charge in [-0.2, -0.15) is 0 Å². The van der Waals surface area contributed by atoms with E-state index in [1.165, 1.54) is 70.6 Å². The van der Waals surface area contributed by atoms with Crippen LogP contribution in [-0.2, 0) is 9.53 Å². The normalized spacial score (nSPS) is 10.9. The first-order chi connectivity index (χ1) is 13.1. The first kappa shape index (κ1) is 28.3. The van der Waals surface area contributed by atoms with Crippen molar-refractivity contribution >= 4 is 5.97 Å². The summed E-state index contributed by atoms with van der Waals surface area (Å²) in [6.07, 6.45) is 21.0. The quantitative estimate of drug-likeness (QED) is 0.138. The van der Waals surface area contributed by atoms with Crippen molar-refractivity contribution in [3.05, 3.63) is 12.2 Å². The molecule has 0 spiro atoms. The van der Waals surface area contributed by atoms with E-state index in [1.807, 2.05) is 0 Å². The van der Waals surface area contributed by atoms with E-state index in [0.29, 0.717) is 12.8 Å². The topological polar surface area (TPSA) is 92.8 Å². The van der Waals surface area contributed by atoms with Crippen LogP contribution in [0, 0.1) is 0 Å². The summed E-state index contributed by atoms with van der Waals surface area (Å²) in [5.74, 6) is -0.167. The average molecular weight is 388 g/mol. The Labute approximate surface area is 167 Å². The van der Waals surface area contributed by atoms with E-state index < -0.39 is 6.29 Å². The molecule has 0 atom stereocenters. The summed E-state index contributed by atoms with van der Waals surface area (Å²) in [6, 6.07) is 0. The third-order valence-electron chi connectivity index (χ3n) is 4.25. The zero-order valence-electron chi connectivity index (χ0n) is 17.8. The van der Waals surface area contributed by atoms with Crippen molar-refractivity contribution in [1.82, 2.24) is 0 Å². The molecule has 0 saturated carbocycles. The lowest BCUT2D eigenvalue weighted by atomic mass is 10.1. The highest BCUT2D eigenvalue weighted by atomic mass is 16.5. The standard InChI is InChI=1S/C19H37NO2.C3H8O2/c1-2-3-4-5-6-7-8-9-10-11-12-13-14-15-16-17-19(21)22-18-20;1-2-3(4)5/h9-10H,2-8,11-18,20H2,1H3;3-5H,2H2,1H3/b10-9-;. The molecule has 0 radical (unpaired) electrons. The van der Waals surface area contributed by atoms with Crippen LogP contribution in [-0.4, -0.2) is 29.2 Å². The van der Waals surface area contributed by atoms with Crippen molar-refractivity contribution < 1.29 is 19.7 Å². The summed E-state index contributed by atoms with van der Waals surface area (Å²) in [5.41, 5.74) is 5.14. The molecule has 0 heterocycles. The van der Waals surface area contributed by atoms with Crippen molar-refractivity contribution in [2.24, 2.45) is 5.73 Å². The van der Waals surface area contributed by atoms with E-state index in [4.69, 9.17) is 20.7 Å². The second kappa shape index (κ2) is 25.1. The fourth-order valence-electron chi connectivity index (χ4n) is 2.51. The number of nitrogens with two attached hydrogens (primary N) is 1. The van der Waals surface area contributed by atoms with E-state index >= 15 is 0 Å². The third-order valence-corrected chi connectivity index (χ3v) is 4.25. The van der Waals surface area contributed by atoms with Gasteiger partial charge in [0.2, 0.25) is 0 Å². The van der Waals surface area contributed by atoms with Gasteiger partial charge in [0.15, 0.2) is 6.29 Å². The number of hydrogen-bond acceptors (Lipinski definition) is 5. The monoisotopic (exact) mass is 387 g/mol. The maximum atomic E-state index is 11.1. The van der Waals surface area contributed by atoms with E-state index in [9.17, 15) is 4.79 Å². The van der Waals surface area contributed by atoms with Crippen molar-refractivity contribution in [3.8, 4) is 0 Å². The number of unbranched alkanes of at least 4 members (excludes halogenated alkanes) is 11. The molecule has 162 valence electrons. The summed E-state index contributed by atoms with van der Waals surface area (Å²) in [6.45, 7) is 3.97. The Morgan fingerprint density at radius 2 is 1.30 bits per heavy atom. The van der Waals surface area contributed by atoms with Gasteiger partial charge < -0.3 is 14.9 Å². The molecule has 0 fully saturated rings. The van der Waals surface area contributed by atoms with Gasteiger partial charge in [-0.3, -0.25) is 10.5 Å². The van der Waals surface area contributed by atoms with Gasteiger partial charge in [0.1, 0.15) is 6.73 Å². The minimum Gasteiger partial charge on any atom is -0.450 e. The number of ether oxygens (including phenoxy) is 1. The molecule has 4 N–H and O–H groups in total. The predicted octanol–water partition coefficient (Wildman–Crippen LogP) is 5.19. The van der Waals surface area contributed by atoms with Gasteiger partial charge in [0.05, 0.1) is 0 Å². The minimum atomic E-state index is -1.12. The highest BCUT2D eigenvalue weighted by molar-refractivity contribution is 5.69. The fourth-order valence-corrected chi connectivity index (χ4v) is 2.51. The van der Waals surface area contributed by atoms with Crippen LogP contribution < -0.4 is 5.73 Å². The molecule has 0 amide bonds. The second-order valence-electron chi connectivity index (χ2n) is 6.91. The lowest BCUT2D eigenvalue weighted by Gasteiger charge is -2.01. The Morgan fingerprint density at radius 3 is 1.74 bits per heavy atom. The van der Waals surface area contributed by atoms with Gasteiger partial charge in [-0.15, -0.1) is 0 Å². The molecule has 0 aromatic heterocycles. The van der Waals surface area contributed by atoms with Gasteiger partial charge in [0, 0.05) is 6.42 Å². The van der Waals surface area contributed by atoms with E-state index in [2.05, 4.69) is 19.1 Å². The lowest BCUT2D eigenvalue weighted by molar-refractivity contribution is -0.143. The Kier molecular flexibility index (Phi) is 26.3. The molecule has 0 unspecified atom stereocenters. The van der Waals surface area contributed by atoms with Crippen LogP contribution in [0.15, 0.2) is 12.2 Å². The average Bonchev–Trinajstić information content (AvgIpc) is 2.65. The molecule has 5 nitrogen and oxygen atoms in total. The molecule has 0 rings (SSSR count). The van der Waals surface area contributed by atoms with E-state index in [1.54, 1.807) is 6.92 Å². The Morgan fingerprint density at radius 1 is 0.852 bits per heavy atom. The summed E-state index contributed by atoms with van der Waals surface area (Å²) in [7, 11) is 0. The smallest absolute Gasteiger partial charge is 0.307 e. The molecular formula is C22H45NO4. The molecule has 0 aromatic carbocycles. The van der Waals surface area contributed by atoms with Crippen LogP contribution in [0.25, 0.3) is 0 Å². The molecule has 0 bridgehead atoms. The van der Waals surface area contributed by atoms with Crippen LogP contribution in [0.2, 0.25) is 0 Å². The summed E-state index contributed by atoms with van der Waals surface area (Å²) >= 11 is 0. The molecular weight excluding hydrogens is 342 g/mol. The number of aliphatic hydroxyl groups excluding tert-OH is 1. The molecule has 0 aliphatic rings. The zero-order chi connectivity index (χ0) is 20.6. The van der Waals surface area contributed by atoms with Gasteiger partial charge in [0.25, 0.3) is 0 Å². The first-order valence-electron chi connectivity index (χ1n) is 10.9. The van der Waals surface area contributed by atoms with Gasteiger partial charge in [-0.1, -0.05) is 77.4 Å². The highest BCUT2D eigenvalue weighted by Crippen LogP contribution is 2.10. The van der Waals surface area contributed by atoms with Crippen LogP contribution in [0.1, 0.15) is 110 Å². The number of hydrogen-bond donors (Lipinski definition) is 3. The Bertz CT molecular complexity index is 319. The Hall–Kier alpha value is -0.910. The van der Waals surface area contributed by atoms with Crippen LogP contribution >= 0.6 is 0 Å². The summed E-state index contributed by atoms with van der Waals surface area (Å²) in [5, 5.41) is 15.8. The first-order valence-corrected chi connectivity index (χ1v) is 10.9. The van der Waals surface area contributed by atoms with E-state index in [0.717, 1.165) is 12.8 Å². The fraction of sp³-hybridized carbons (Fsp3) is 0.864. The van der Waals surface area contributed by atoms with Crippen molar-refractivity contribution in [2.45, 2.75) is 116 Å². The van der Waals surface area contributed by atoms with Crippen LogP contribution in [0.5, 0.6) is 0 Å². The van der Waals surface area contributed by atoms with Crippen molar-refractivity contribution in [3.63, 3.8) is 0 Å². The number of aliphatic hydroxyl groups is 2.